The summed E-state index contributed by atoms with van der Waals surface area (Å²) < 4.78 is 11.0. The number of methoxy groups -OCH3 is 1. The normalized spacial score (nSPS) is 13.4. The second-order valence-corrected chi connectivity index (χ2v) is 5.28. The number of phenolic OH excluding ortho intramolecular Hbond substituents is 1. The molecule has 0 saturated heterocycles. The van der Waals surface area contributed by atoms with Gasteiger partial charge in [-0.05, 0) is 41.5 Å². The highest BCUT2D eigenvalue weighted by Gasteiger charge is 2.23. The molecular formula is C19H20O6. The van der Waals surface area contributed by atoms with E-state index in [4.69, 9.17) is 9.47 Å². The maximum atomic E-state index is 10.4. The smallest absolute Gasteiger partial charge is 0.161 e. The number of hydrogen-bond acceptors (Lipinski definition) is 6. The first-order valence-corrected chi connectivity index (χ1v) is 7.63. The average Bonchev–Trinajstić information content (AvgIpc) is 2.64. The van der Waals surface area contributed by atoms with Gasteiger partial charge in [0.1, 0.15) is 18.1 Å². The van der Waals surface area contributed by atoms with E-state index in [9.17, 15) is 20.1 Å². The molecule has 0 spiro atoms. The Hall–Kier alpha value is -2.83. The quantitative estimate of drug-likeness (QED) is 0.501. The highest BCUT2D eigenvalue weighted by Crippen LogP contribution is 2.32. The number of aromatic hydroxyl groups is 1. The van der Waals surface area contributed by atoms with Crippen molar-refractivity contribution < 1.29 is 29.6 Å². The fourth-order valence-corrected chi connectivity index (χ4v) is 2.29. The van der Waals surface area contributed by atoms with Crippen molar-refractivity contribution in [1.82, 2.24) is 0 Å². The highest BCUT2D eigenvalue weighted by atomic mass is 16.5. The van der Waals surface area contributed by atoms with Crippen molar-refractivity contribution in [3.8, 4) is 17.2 Å². The molecule has 0 aliphatic rings. The van der Waals surface area contributed by atoms with Crippen LogP contribution in [0, 0.1) is 0 Å². The SMILES string of the molecule is COc1cc(/C=C/C=O)ccc1OC(CO)C(O)c1ccc(O)cc1. The number of aldehydes is 1. The summed E-state index contributed by atoms with van der Waals surface area (Å²) in [6.07, 6.45) is 1.64. The van der Waals surface area contributed by atoms with Gasteiger partial charge in [0, 0.05) is 0 Å². The third-order valence-corrected chi connectivity index (χ3v) is 3.60. The number of aliphatic hydroxyl groups is 2. The van der Waals surface area contributed by atoms with E-state index in [1.54, 1.807) is 36.4 Å². The molecule has 0 fully saturated rings. The largest absolute Gasteiger partial charge is 0.508 e. The van der Waals surface area contributed by atoms with E-state index in [0.717, 1.165) is 5.56 Å². The number of carbonyl (C=O) groups excluding carboxylic acids is 1. The van der Waals surface area contributed by atoms with Crippen molar-refractivity contribution in [1.29, 1.82) is 0 Å². The van der Waals surface area contributed by atoms with Gasteiger partial charge in [0.2, 0.25) is 0 Å². The molecule has 0 aliphatic carbocycles. The van der Waals surface area contributed by atoms with E-state index in [0.29, 0.717) is 23.3 Å². The van der Waals surface area contributed by atoms with Crippen LogP contribution in [0.25, 0.3) is 6.08 Å². The summed E-state index contributed by atoms with van der Waals surface area (Å²) >= 11 is 0. The summed E-state index contributed by atoms with van der Waals surface area (Å²) in [6, 6.07) is 11.0. The molecule has 0 heterocycles. The number of aliphatic hydroxyl groups excluding tert-OH is 2. The Labute approximate surface area is 145 Å². The predicted molar refractivity (Wildman–Crippen MR) is 92.7 cm³/mol. The van der Waals surface area contributed by atoms with Crippen molar-refractivity contribution in [2.24, 2.45) is 0 Å². The van der Waals surface area contributed by atoms with E-state index in [1.165, 1.54) is 25.3 Å². The summed E-state index contributed by atoms with van der Waals surface area (Å²) in [5.41, 5.74) is 1.25. The second-order valence-electron chi connectivity index (χ2n) is 5.28. The van der Waals surface area contributed by atoms with Crippen LogP contribution in [-0.2, 0) is 4.79 Å². The zero-order valence-electron chi connectivity index (χ0n) is 13.7. The molecule has 0 bridgehead atoms. The van der Waals surface area contributed by atoms with Crippen molar-refractivity contribution in [2.45, 2.75) is 12.2 Å². The first-order chi connectivity index (χ1) is 12.1. The molecule has 2 unspecified atom stereocenters. The van der Waals surface area contributed by atoms with Gasteiger partial charge in [-0.3, -0.25) is 4.79 Å². The molecule has 0 radical (unpaired) electrons. The molecular weight excluding hydrogens is 324 g/mol. The molecule has 132 valence electrons. The molecule has 2 rings (SSSR count). The number of rotatable bonds is 8. The fraction of sp³-hybridized carbons (Fsp3) is 0.211. The maximum Gasteiger partial charge on any atom is 0.161 e. The Morgan fingerprint density at radius 1 is 1.12 bits per heavy atom. The minimum Gasteiger partial charge on any atom is -0.508 e. The van der Waals surface area contributed by atoms with Crippen LogP contribution in [0.1, 0.15) is 17.2 Å². The van der Waals surface area contributed by atoms with Crippen molar-refractivity contribution in [3.63, 3.8) is 0 Å². The third-order valence-electron chi connectivity index (χ3n) is 3.60. The molecule has 3 N–H and O–H groups in total. The van der Waals surface area contributed by atoms with Crippen LogP contribution in [0.5, 0.6) is 17.2 Å². The average molecular weight is 344 g/mol. The van der Waals surface area contributed by atoms with Crippen LogP contribution in [0.15, 0.2) is 48.5 Å². The lowest BCUT2D eigenvalue weighted by Crippen LogP contribution is -2.29. The minimum absolute atomic E-state index is 0.0815. The van der Waals surface area contributed by atoms with Gasteiger partial charge in [-0.2, -0.15) is 0 Å². The van der Waals surface area contributed by atoms with Crippen LogP contribution < -0.4 is 9.47 Å². The van der Waals surface area contributed by atoms with E-state index in [2.05, 4.69) is 0 Å². The molecule has 2 aromatic rings. The van der Waals surface area contributed by atoms with Gasteiger partial charge < -0.3 is 24.8 Å². The molecule has 25 heavy (non-hydrogen) atoms. The lowest BCUT2D eigenvalue weighted by Gasteiger charge is -2.24. The number of phenols is 1. The first-order valence-electron chi connectivity index (χ1n) is 7.63. The van der Waals surface area contributed by atoms with Gasteiger partial charge in [-0.25, -0.2) is 0 Å². The van der Waals surface area contributed by atoms with E-state index in [-0.39, 0.29) is 5.75 Å². The van der Waals surface area contributed by atoms with Crippen LogP contribution in [0.4, 0.5) is 0 Å². The summed E-state index contributed by atoms with van der Waals surface area (Å²) in [5, 5.41) is 29.3. The molecule has 0 aliphatic heterocycles. The van der Waals surface area contributed by atoms with Crippen LogP contribution in [0.3, 0.4) is 0 Å². The van der Waals surface area contributed by atoms with Gasteiger partial charge in [-0.15, -0.1) is 0 Å². The van der Waals surface area contributed by atoms with Crippen LogP contribution >= 0.6 is 0 Å². The van der Waals surface area contributed by atoms with E-state index < -0.39 is 18.8 Å². The fourth-order valence-electron chi connectivity index (χ4n) is 2.29. The van der Waals surface area contributed by atoms with Gasteiger partial charge in [0.25, 0.3) is 0 Å². The Bertz CT molecular complexity index is 723. The molecule has 6 heteroatoms. The zero-order valence-corrected chi connectivity index (χ0v) is 13.7. The standard InChI is InChI=1S/C19H20O6/c1-24-17-11-13(3-2-10-20)4-9-16(17)25-18(12-21)19(23)14-5-7-15(22)8-6-14/h2-11,18-19,21-23H,12H2,1H3/b3-2+. The summed E-state index contributed by atoms with van der Waals surface area (Å²) in [7, 11) is 1.47. The van der Waals surface area contributed by atoms with Crippen LogP contribution in [0.2, 0.25) is 0 Å². The summed E-state index contributed by atoms with van der Waals surface area (Å²) in [4.78, 5) is 10.4. The Morgan fingerprint density at radius 3 is 2.44 bits per heavy atom. The molecule has 2 aromatic carbocycles. The monoisotopic (exact) mass is 344 g/mol. The maximum absolute atomic E-state index is 10.4. The highest BCUT2D eigenvalue weighted by molar-refractivity contribution is 5.74. The molecule has 2 atom stereocenters. The van der Waals surface area contributed by atoms with Crippen molar-refractivity contribution >= 4 is 12.4 Å². The number of ether oxygens (including phenoxy) is 2. The van der Waals surface area contributed by atoms with Crippen LogP contribution in [-0.4, -0.2) is 41.4 Å². The lowest BCUT2D eigenvalue weighted by atomic mass is 10.0. The summed E-state index contributed by atoms with van der Waals surface area (Å²) in [5.74, 6) is 0.838. The number of allylic oxidation sites excluding steroid dienone is 1. The van der Waals surface area contributed by atoms with Gasteiger partial charge in [0.05, 0.1) is 13.7 Å². The van der Waals surface area contributed by atoms with Gasteiger partial charge in [-0.1, -0.05) is 24.3 Å². The molecule has 0 aromatic heterocycles. The third kappa shape index (κ3) is 4.82. The molecule has 6 nitrogen and oxygen atoms in total. The van der Waals surface area contributed by atoms with E-state index in [1.807, 2.05) is 0 Å². The molecule has 0 saturated carbocycles. The Kier molecular flexibility index (Phi) is 6.56. The van der Waals surface area contributed by atoms with Gasteiger partial charge >= 0.3 is 0 Å². The molecule has 0 amide bonds. The Morgan fingerprint density at radius 2 is 1.84 bits per heavy atom. The second kappa shape index (κ2) is 8.86. The van der Waals surface area contributed by atoms with Crippen molar-refractivity contribution in [2.75, 3.05) is 13.7 Å². The number of benzene rings is 2. The Balaban J connectivity index is 2.21. The number of carbonyl (C=O) groups is 1. The minimum atomic E-state index is -1.09. The lowest BCUT2D eigenvalue weighted by molar-refractivity contribution is -0.104. The summed E-state index contributed by atoms with van der Waals surface area (Å²) in [6.45, 7) is -0.419. The topological polar surface area (TPSA) is 96.2 Å². The number of hydrogen-bond donors (Lipinski definition) is 3. The van der Waals surface area contributed by atoms with E-state index >= 15 is 0 Å². The zero-order chi connectivity index (χ0) is 18.2. The van der Waals surface area contributed by atoms with Crippen molar-refractivity contribution in [3.05, 3.63) is 59.7 Å². The van der Waals surface area contributed by atoms with Gasteiger partial charge in [0.15, 0.2) is 17.6 Å². The predicted octanol–water partition coefficient (Wildman–Crippen LogP) is 2.09. The first kappa shape index (κ1) is 18.5.